The molecule has 4 heteroatoms. The molecule has 2 rings (SSSR count). The Hall–Kier alpha value is -1.26. The molecule has 1 heterocycles. The highest BCUT2D eigenvalue weighted by Crippen LogP contribution is 2.32. The van der Waals surface area contributed by atoms with E-state index in [1.54, 1.807) is 0 Å². The van der Waals surface area contributed by atoms with Gasteiger partial charge in [-0.25, -0.2) is 0 Å². The van der Waals surface area contributed by atoms with Gasteiger partial charge in [-0.1, -0.05) is 43.5 Å². The lowest BCUT2D eigenvalue weighted by atomic mass is 9.88. The molecule has 1 aromatic heterocycles. The molecule has 0 fully saturated rings. The first-order valence-corrected chi connectivity index (χ1v) is 8.17. The summed E-state index contributed by atoms with van der Waals surface area (Å²) in [4.78, 5) is 1.26. The maximum absolute atomic E-state index is 4.37. The van der Waals surface area contributed by atoms with Crippen LogP contribution < -0.4 is 5.32 Å². The Morgan fingerprint density at radius 3 is 2.33 bits per heavy atom. The van der Waals surface area contributed by atoms with E-state index in [4.69, 9.17) is 0 Å². The average Bonchev–Trinajstić information content (AvgIpc) is 2.87. The van der Waals surface area contributed by atoms with E-state index in [0.29, 0.717) is 0 Å². The molecule has 0 aliphatic carbocycles. The highest BCUT2D eigenvalue weighted by Gasteiger charge is 2.27. The normalized spacial score (nSPS) is 13.4. The van der Waals surface area contributed by atoms with Crippen LogP contribution in [0.3, 0.4) is 0 Å². The number of nitrogens with zero attached hydrogens (tertiary/aromatic N) is 2. The molecule has 0 saturated carbocycles. The summed E-state index contributed by atoms with van der Waals surface area (Å²) in [7, 11) is 2.02. The highest BCUT2D eigenvalue weighted by atomic mass is 32.1. The molecule has 1 atom stereocenters. The smallest absolute Gasteiger partial charge is 0.0857 e. The van der Waals surface area contributed by atoms with E-state index >= 15 is 0 Å². The summed E-state index contributed by atoms with van der Waals surface area (Å²) >= 11 is 1.52. The van der Waals surface area contributed by atoms with Crippen LogP contribution in [-0.2, 0) is 11.8 Å². The lowest BCUT2D eigenvalue weighted by molar-refractivity contribution is 0.530. The van der Waals surface area contributed by atoms with Gasteiger partial charge in [0.1, 0.15) is 0 Å². The Kier molecular flexibility index (Phi) is 4.79. The third kappa shape index (κ3) is 3.50. The topological polar surface area (TPSA) is 37.8 Å². The van der Waals surface area contributed by atoms with Gasteiger partial charge in [0, 0.05) is 11.5 Å². The van der Waals surface area contributed by atoms with Crippen LogP contribution in [0.1, 0.15) is 54.1 Å². The third-order valence-corrected chi connectivity index (χ3v) is 4.78. The molecule has 0 radical (unpaired) electrons. The number of rotatable bonds is 4. The van der Waals surface area contributed by atoms with E-state index in [2.05, 4.69) is 67.7 Å². The number of aryl methyl sites for hydroxylation is 2. The Morgan fingerprint density at radius 2 is 1.81 bits per heavy atom. The van der Waals surface area contributed by atoms with Gasteiger partial charge >= 0.3 is 0 Å². The van der Waals surface area contributed by atoms with E-state index in [-0.39, 0.29) is 11.5 Å². The molecule has 0 spiro atoms. The molecule has 0 aliphatic heterocycles. The Morgan fingerprint density at radius 1 is 1.19 bits per heavy atom. The Labute approximate surface area is 132 Å². The minimum Gasteiger partial charge on any atom is -0.312 e. The molecule has 1 unspecified atom stereocenters. The molecule has 1 N–H and O–H groups in total. The van der Waals surface area contributed by atoms with E-state index in [1.165, 1.54) is 33.1 Å². The van der Waals surface area contributed by atoms with Crippen LogP contribution in [0.5, 0.6) is 0 Å². The molecule has 0 saturated heterocycles. The van der Waals surface area contributed by atoms with Crippen LogP contribution in [0, 0.1) is 13.8 Å². The van der Waals surface area contributed by atoms with Gasteiger partial charge in [-0.15, -0.1) is 5.10 Å². The second kappa shape index (κ2) is 6.24. The summed E-state index contributed by atoms with van der Waals surface area (Å²) in [6, 6.07) is 6.76. The predicted octanol–water partition coefficient (Wildman–Crippen LogP) is 3.96. The minimum atomic E-state index is 0.0260. The fraction of sp³-hybridized carbons (Fsp3) is 0.529. The first kappa shape index (κ1) is 16.1. The van der Waals surface area contributed by atoms with Crippen molar-refractivity contribution in [3.8, 4) is 0 Å². The Bertz CT molecular complexity index is 590. The van der Waals surface area contributed by atoms with Gasteiger partial charge in [-0.05, 0) is 55.5 Å². The zero-order valence-electron chi connectivity index (χ0n) is 13.8. The van der Waals surface area contributed by atoms with E-state index in [9.17, 15) is 0 Å². The molecule has 0 amide bonds. The van der Waals surface area contributed by atoms with Crippen LogP contribution in [0.4, 0.5) is 0 Å². The van der Waals surface area contributed by atoms with Crippen molar-refractivity contribution in [2.75, 3.05) is 7.05 Å². The van der Waals surface area contributed by atoms with Crippen molar-refractivity contribution in [2.24, 2.45) is 0 Å². The van der Waals surface area contributed by atoms with Crippen molar-refractivity contribution in [3.63, 3.8) is 0 Å². The summed E-state index contributed by atoms with van der Waals surface area (Å²) in [5, 5.41) is 7.82. The fourth-order valence-electron chi connectivity index (χ4n) is 2.65. The van der Waals surface area contributed by atoms with Crippen molar-refractivity contribution in [1.29, 1.82) is 0 Å². The highest BCUT2D eigenvalue weighted by molar-refractivity contribution is 7.05. The minimum absolute atomic E-state index is 0.0260. The van der Waals surface area contributed by atoms with Gasteiger partial charge in [0.25, 0.3) is 0 Å². The Balaban J connectivity index is 2.36. The summed E-state index contributed by atoms with van der Waals surface area (Å²) in [6.45, 7) is 11.0. The molecule has 0 bridgehead atoms. The second-order valence-corrected chi connectivity index (χ2v) is 7.44. The number of aromatic nitrogens is 2. The van der Waals surface area contributed by atoms with Gasteiger partial charge in [-0.3, -0.25) is 0 Å². The largest absolute Gasteiger partial charge is 0.312 e. The number of hydrogen-bond acceptors (Lipinski definition) is 4. The molecule has 114 valence electrons. The lowest BCUT2D eigenvalue weighted by Crippen LogP contribution is -2.23. The zero-order valence-corrected chi connectivity index (χ0v) is 14.6. The number of hydrogen-bond donors (Lipinski definition) is 1. The molecule has 3 nitrogen and oxygen atoms in total. The maximum atomic E-state index is 4.37. The van der Waals surface area contributed by atoms with Gasteiger partial charge in [0.05, 0.1) is 10.6 Å². The monoisotopic (exact) mass is 303 g/mol. The number of nitrogens with one attached hydrogen (secondary N) is 1. The van der Waals surface area contributed by atoms with E-state index in [1.807, 2.05) is 7.05 Å². The molecule has 21 heavy (non-hydrogen) atoms. The first-order chi connectivity index (χ1) is 9.84. The summed E-state index contributed by atoms with van der Waals surface area (Å²) in [6.07, 6.45) is 0.974. The number of likely N-dealkylation sites (N-methyl/N-ethyl adjacent to an activating group) is 1. The van der Waals surface area contributed by atoms with Crippen LogP contribution in [0.25, 0.3) is 0 Å². The van der Waals surface area contributed by atoms with Crippen LogP contribution in [-0.4, -0.2) is 16.6 Å². The van der Waals surface area contributed by atoms with Crippen LogP contribution in [0.15, 0.2) is 18.2 Å². The predicted molar refractivity (Wildman–Crippen MR) is 90.0 cm³/mol. The summed E-state index contributed by atoms with van der Waals surface area (Å²) in [5.74, 6) is 0. The lowest BCUT2D eigenvalue weighted by Gasteiger charge is -2.22. The van der Waals surface area contributed by atoms with Gasteiger partial charge in [0.2, 0.25) is 0 Å². The van der Waals surface area contributed by atoms with Crippen LogP contribution in [0.2, 0.25) is 0 Å². The zero-order chi connectivity index (χ0) is 15.6. The van der Waals surface area contributed by atoms with Gasteiger partial charge < -0.3 is 5.32 Å². The standard InChI is InChI=1S/C17H25N3S/c1-11-8-7-9-12(2)13(11)10-14(18-6)15-16(17(3,4)5)19-20-21-15/h7-9,14,18H,10H2,1-6H3. The quantitative estimate of drug-likeness (QED) is 0.929. The fourth-order valence-corrected chi connectivity index (χ4v) is 3.62. The second-order valence-electron chi connectivity index (χ2n) is 6.65. The van der Waals surface area contributed by atoms with Crippen molar-refractivity contribution < 1.29 is 0 Å². The van der Waals surface area contributed by atoms with Crippen molar-refractivity contribution in [1.82, 2.24) is 14.9 Å². The molecular formula is C17H25N3S. The summed E-state index contributed by atoms with van der Waals surface area (Å²) in [5.41, 5.74) is 5.26. The average molecular weight is 303 g/mol. The summed E-state index contributed by atoms with van der Waals surface area (Å²) < 4.78 is 4.20. The number of benzene rings is 1. The molecular weight excluding hydrogens is 278 g/mol. The molecule has 2 aromatic rings. The third-order valence-electron chi connectivity index (χ3n) is 3.94. The van der Waals surface area contributed by atoms with Gasteiger partial charge in [-0.2, -0.15) is 0 Å². The van der Waals surface area contributed by atoms with Gasteiger partial charge in [0.15, 0.2) is 0 Å². The SMILES string of the molecule is CNC(Cc1c(C)cccc1C)c1snnc1C(C)(C)C. The first-order valence-electron chi connectivity index (χ1n) is 7.39. The molecule has 1 aromatic carbocycles. The van der Waals surface area contributed by atoms with Crippen molar-refractivity contribution >= 4 is 11.5 Å². The van der Waals surface area contributed by atoms with Crippen molar-refractivity contribution in [3.05, 3.63) is 45.5 Å². The van der Waals surface area contributed by atoms with E-state index < -0.39 is 0 Å². The van der Waals surface area contributed by atoms with E-state index in [0.717, 1.165) is 12.1 Å². The van der Waals surface area contributed by atoms with Crippen LogP contribution >= 0.6 is 11.5 Å². The molecule has 0 aliphatic rings. The van der Waals surface area contributed by atoms with Crippen molar-refractivity contribution in [2.45, 2.75) is 52.5 Å². The maximum Gasteiger partial charge on any atom is 0.0857 e.